The molecule has 0 aliphatic heterocycles. The van der Waals surface area contributed by atoms with Crippen molar-refractivity contribution in [3.63, 3.8) is 0 Å². The van der Waals surface area contributed by atoms with E-state index in [0.717, 1.165) is 28.5 Å². The number of nitrogens with zero attached hydrogens (tertiary/aromatic N) is 1. The average molecular weight is 330 g/mol. The normalized spacial score (nSPS) is 10.9. The molecule has 0 amide bonds. The fourth-order valence-electron chi connectivity index (χ4n) is 2.52. The predicted molar refractivity (Wildman–Crippen MR) is 91.8 cm³/mol. The first-order valence-electron chi connectivity index (χ1n) is 6.98. The summed E-state index contributed by atoms with van der Waals surface area (Å²) in [7, 11) is 0. The third kappa shape index (κ3) is 2.72. The molecule has 2 aromatic carbocycles. The monoisotopic (exact) mass is 329 g/mol. The van der Waals surface area contributed by atoms with Crippen LogP contribution < -0.4 is 0 Å². The van der Waals surface area contributed by atoms with Crippen LogP contribution in [0.2, 0.25) is 5.02 Å². The average Bonchev–Trinajstić information content (AvgIpc) is 2.53. The standard InChI is InChI=1S/C18H13Cl2NO/c1-2-11-4-3-5-14-15(18(20)22)10-16(21-17(11)14)12-6-8-13(19)9-7-12/h3-10H,2H2,1H3. The highest BCUT2D eigenvalue weighted by Crippen LogP contribution is 2.28. The molecule has 1 heterocycles. The van der Waals surface area contributed by atoms with E-state index in [0.29, 0.717) is 16.3 Å². The number of carbonyl (C=O) groups excluding carboxylic acids is 1. The Balaban J connectivity index is 2.32. The number of fused-ring (bicyclic) bond motifs is 1. The first kappa shape index (κ1) is 15.0. The molecule has 0 saturated carbocycles. The lowest BCUT2D eigenvalue weighted by atomic mass is 10.0. The van der Waals surface area contributed by atoms with E-state index in [9.17, 15) is 4.79 Å². The van der Waals surface area contributed by atoms with Crippen LogP contribution in [-0.4, -0.2) is 10.2 Å². The second-order valence-electron chi connectivity index (χ2n) is 5.00. The summed E-state index contributed by atoms with van der Waals surface area (Å²) in [6, 6.07) is 14.9. The van der Waals surface area contributed by atoms with Crippen LogP contribution in [0.25, 0.3) is 22.2 Å². The topological polar surface area (TPSA) is 30.0 Å². The van der Waals surface area contributed by atoms with Crippen molar-refractivity contribution in [1.82, 2.24) is 4.98 Å². The molecule has 0 atom stereocenters. The second kappa shape index (κ2) is 6.07. The van der Waals surface area contributed by atoms with E-state index in [1.165, 1.54) is 0 Å². The summed E-state index contributed by atoms with van der Waals surface area (Å²) in [6.45, 7) is 2.06. The number of halogens is 2. The number of hydrogen-bond donors (Lipinski definition) is 0. The van der Waals surface area contributed by atoms with E-state index < -0.39 is 5.24 Å². The van der Waals surface area contributed by atoms with Crippen LogP contribution in [0.15, 0.2) is 48.5 Å². The molecule has 0 spiro atoms. The van der Waals surface area contributed by atoms with Gasteiger partial charge < -0.3 is 0 Å². The third-order valence-corrected chi connectivity index (χ3v) is 4.11. The Bertz CT molecular complexity index is 857. The number of hydrogen-bond acceptors (Lipinski definition) is 2. The molecular formula is C18H13Cl2NO. The van der Waals surface area contributed by atoms with Gasteiger partial charge in [-0.2, -0.15) is 0 Å². The van der Waals surface area contributed by atoms with Crippen molar-refractivity contribution in [1.29, 1.82) is 0 Å². The summed E-state index contributed by atoms with van der Waals surface area (Å²) in [4.78, 5) is 16.5. The lowest BCUT2D eigenvalue weighted by Gasteiger charge is -2.10. The van der Waals surface area contributed by atoms with Gasteiger partial charge in [-0.3, -0.25) is 4.79 Å². The van der Waals surface area contributed by atoms with Crippen LogP contribution in [-0.2, 0) is 6.42 Å². The van der Waals surface area contributed by atoms with Gasteiger partial charge in [0.1, 0.15) is 0 Å². The largest absolute Gasteiger partial charge is 0.276 e. The number of aromatic nitrogens is 1. The van der Waals surface area contributed by atoms with Gasteiger partial charge >= 0.3 is 0 Å². The first-order chi connectivity index (χ1) is 10.6. The lowest BCUT2D eigenvalue weighted by molar-refractivity contribution is 0.108. The molecular weight excluding hydrogens is 317 g/mol. The SMILES string of the molecule is CCc1cccc2c(C(=O)Cl)cc(-c3ccc(Cl)cc3)nc12. The molecule has 2 nitrogen and oxygen atoms in total. The van der Waals surface area contributed by atoms with Crippen molar-refractivity contribution in [2.75, 3.05) is 0 Å². The van der Waals surface area contributed by atoms with Gasteiger partial charge in [-0.1, -0.05) is 48.9 Å². The number of benzene rings is 2. The zero-order chi connectivity index (χ0) is 15.7. The molecule has 0 saturated heterocycles. The lowest BCUT2D eigenvalue weighted by Crippen LogP contribution is -1.98. The minimum absolute atomic E-state index is 0.476. The fraction of sp³-hybridized carbons (Fsp3) is 0.111. The van der Waals surface area contributed by atoms with Crippen LogP contribution in [0.3, 0.4) is 0 Å². The second-order valence-corrected chi connectivity index (χ2v) is 5.78. The first-order valence-corrected chi connectivity index (χ1v) is 7.74. The molecule has 0 aliphatic rings. The van der Waals surface area contributed by atoms with Crippen LogP contribution in [0.5, 0.6) is 0 Å². The maximum Gasteiger partial charge on any atom is 0.253 e. The van der Waals surface area contributed by atoms with Crippen molar-refractivity contribution >= 4 is 39.3 Å². The summed E-state index contributed by atoms with van der Waals surface area (Å²) in [5.74, 6) is 0. The van der Waals surface area contributed by atoms with Crippen molar-refractivity contribution in [2.45, 2.75) is 13.3 Å². The van der Waals surface area contributed by atoms with Gasteiger partial charge in [0.05, 0.1) is 11.2 Å². The van der Waals surface area contributed by atoms with Gasteiger partial charge in [0.2, 0.25) is 0 Å². The highest BCUT2D eigenvalue weighted by atomic mass is 35.5. The third-order valence-electron chi connectivity index (χ3n) is 3.66. The quantitative estimate of drug-likeness (QED) is 0.594. The number of pyridine rings is 1. The maximum atomic E-state index is 11.8. The molecule has 0 radical (unpaired) electrons. The Hall–Kier alpha value is -1.90. The molecule has 4 heteroatoms. The smallest absolute Gasteiger partial charge is 0.253 e. The molecule has 0 unspecified atom stereocenters. The highest BCUT2D eigenvalue weighted by Gasteiger charge is 2.14. The molecule has 0 fully saturated rings. The molecule has 0 N–H and O–H groups in total. The number of para-hydroxylation sites is 1. The Morgan fingerprint density at radius 1 is 1.14 bits per heavy atom. The zero-order valence-corrected chi connectivity index (χ0v) is 13.4. The minimum Gasteiger partial charge on any atom is -0.276 e. The van der Waals surface area contributed by atoms with E-state index in [-0.39, 0.29) is 0 Å². The Morgan fingerprint density at radius 3 is 2.50 bits per heavy atom. The molecule has 0 aliphatic carbocycles. The molecule has 1 aromatic heterocycles. The number of aryl methyl sites for hydroxylation is 1. The Morgan fingerprint density at radius 2 is 1.86 bits per heavy atom. The van der Waals surface area contributed by atoms with Crippen LogP contribution >= 0.6 is 23.2 Å². The van der Waals surface area contributed by atoms with Gasteiger partial charge in [-0.15, -0.1) is 0 Å². The molecule has 0 bridgehead atoms. The maximum absolute atomic E-state index is 11.8. The predicted octanol–water partition coefficient (Wildman–Crippen LogP) is 5.50. The number of carbonyl (C=O) groups is 1. The Labute approximate surface area is 138 Å². The molecule has 22 heavy (non-hydrogen) atoms. The van der Waals surface area contributed by atoms with E-state index in [1.54, 1.807) is 18.2 Å². The Kier molecular flexibility index (Phi) is 4.14. The van der Waals surface area contributed by atoms with E-state index in [1.807, 2.05) is 30.3 Å². The van der Waals surface area contributed by atoms with Crippen LogP contribution in [0.1, 0.15) is 22.8 Å². The summed E-state index contributed by atoms with van der Waals surface area (Å²) in [5, 5.41) is 0.973. The minimum atomic E-state index is -0.476. The molecule has 110 valence electrons. The van der Waals surface area contributed by atoms with Crippen molar-refractivity contribution in [3.8, 4) is 11.3 Å². The summed E-state index contributed by atoms with van der Waals surface area (Å²) in [6.07, 6.45) is 0.838. The van der Waals surface area contributed by atoms with Crippen molar-refractivity contribution in [3.05, 3.63) is 64.7 Å². The van der Waals surface area contributed by atoms with Gasteiger partial charge in [0, 0.05) is 21.5 Å². The van der Waals surface area contributed by atoms with E-state index >= 15 is 0 Å². The highest BCUT2D eigenvalue weighted by molar-refractivity contribution is 6.68. The van der Waals surface area contributed by atoms with Gasteiger partial charge in [-0.05, 0) is 41.8 Å². The van der Waals surface area contributed by atoms with Gasteiger partial charge in [-0.25, -0.2) is 4.98 Å². The van der Waals surface area contributed by atoms with E-state index in [4.69, 9.17) is 28.2 Å². The summed E-state index contributed by atoms with van der Waals surface area (Å²) < 4.78 is 0. The fourth-order valence-corrected chi connectivity index (χ4v) is 2.81. The zero-order valence-electron chi connectivity index (χ0n) is 11.9. The van der Waals surface area contributed by atoms with E-state index in [2.05, 4.69) is 6.92 Å². The number of rotatable bonds is 3. The van der Waals surface area contributed by atoms with Crippen molar-refractivity contribution < 1.29 is 4.79 Å². The summed E-state index contributed by atoms with van der Waals surface area (Å²) in [5.41, 5.74) is 4.01. The van der Waals surface area contributed by atoms with Crippen LogP contribution in [0.4, 0.5) is 0 Å². The van der Waals surface area contributed by atoms with Crippen LogP contribution in [0, 0.1) is 0 Å². The molecule has 3 aromatic rings. The summed E-state index contributed by atoms with van der Waals surface area (Å²) >= 11 is 11.7. The van der Waals surface area contributed by atoms with Gasteiger partial charge in [0.15, 0.2) is 0 Å². The van der Waals surface area contributed by atoms with Gasteiger partial charge in [0.25, 0.3) is 5.24 Å². The molecule has 3 rings (SSSR count). The van der Waals surface area contributed by atoms with Crippen molar-refractivity contribution in [2.24, 2.45) is 0 Å².